The van der Waals surface area contributed by atoms with Crippen LogP contribution in [-0.4, -0.2) is 19.3 Å². The third kappa shape index (κ3) is 4.78. The first-order chi connectivity index (χ1) is 11.1. The Morgan fingerprint density at radius 2 is 1.83 bits per heavy atom. The fourth-order valence-electron chi connectivity index (χ4n) is 1.85. The van der Waals surface area contributed by atoms with Crippen LogP contribution >= 0.6 is 11.3 Å². The van der Waals surface area contributed by atoms with Crippen LogP contribution in [0.1, 0.15) is 39.0 Å². The van der Waals surface area contributed by atoms with Crippen molar-refractivity contribution < 1.29 is 13.2 Å². The molecule has 0 saturated carbocycles. The molecule has 1 amide bonds. The fourth-order valence-corrected chi connectivity index (χ4v) is 4.04. The van der Waals surface area contributed by atoms with Crippen LogP contribution < -0.4 is 10.0 Å². The lowest BCUT2D eigenvalue weighted by Crippen LogP contribution is -2.19. The second-order valence-electron chi connectivity index (χ2n) is 6.45. The molecular weight excluding hydrogens is 346 g/mol. The number of rotatable bonds is 5. The SMILES string of the molecule is CC(=O)NCc1ccc(S(=O)(=O)Nc2nc(C(C)(C)C)cs2)cc1. The molecule has 130 valence electrons. The van der Waals surface area contributed by atoms with E-state index in [-0.39, 0.29) is 16.2 Å². The van der Waals surface area contributed by atoms with Crippen molar-refractivity contribution >= 4 is 32.4 Å². The number of thiazole rings is 1. The van der Waals surface area contributed by atoms with Crippen LogP contribution in [0.4, 0.5) is 5.13 Å². The number of amides is 1. The highest BCUT2D eigenvalue weighted by atomic mass is 32.2. The van der Waals surface area contributed by atoms with E-state index in [1.807, 2.05) is 26.2 Å². The Morgan fingerprint density at radius 3 is 2.33 bits per heavy atom. The molecule has 2 N–H and O–H groups in total. The topological polar surface area (TPSA) is 88.2 Å². The van der Waals surface area contributed by atoms with E-state index in [2.05, 4.69) is 15.0 Å². The van der Waals surface area contributed by atoms with Gasteiger partial charge in [0.05, 0.1) is 10.6 Å². The number of sulfonamides is 1. The van der Waals surface area contributed by atoms with E-state index < -0.39 is 10.0 Å². The number of benzene rings is 1. The van der Waals surface area contributed by atoms with Crippen molar-refractivity contribution in [3.05, 3.63) is 40.9 Å². The summed E-state index contributed by atoms with van der Waals surface area (Å²) in [7, 11) is -3.68. The zero-order chi connectivity index (χ0) is 18.0. The Labute approximate surface area is 146 Å². The Kier molecular flexibility index (Phi) is 5.29. The maximum atomic E-state index is 12.4. The highest BCUT2D eigenvalue weighted by molar-refractivity contribution is 7.93. The fraction of sp³-hybridized carbons (Fsp3) is 0.375. The minimum atomic E-state index is -3.68. The Morgan fingerprint density at radius 1 is 1.21 bits per heavy atom. The summed E-state index contributed by atoms with van der Waals surface area (Å²) in [6, 6.07) is 6.37. The van der Waals surface area contributed by atoms with Crippen LogP contribution in [0.5, 0.6) is 0 Å². The van der Waals surface area contributed by atoms with Crippen molar-refractivity contribution in [2.45, 2.75) is 44.6 Å². The first-order valence-electron chi connectivity index (χ1n) is 7.40. The van der Waals surface area contributed by atoms with Crippen molar-refractivity contribution in [1.82, 2.24) is 10.3 Å². The standard InChI is InChI=1S/C16H21N3O3S2/c1-11(20)17-9-12-5-7-13(8-6-12)24(21,22)19-15-18-14(10-23-15)16(2,3)4/h5-8,10H,9H2,1-4H3,(H,17,20)(H,18,19). The van der Waals surface area contributed by atoms with Crippen molar-refractivity contribution in [1.29, 1.82) is 0 Å². The van der Waals surface area contributed by atoms with Crippen molar-refractivity contribution in [2.24, 2.45) is 0 Å². The van der Waals surface area contributed by atoms with Crippen LogP contribution in [0.3, 0.4) is 0 Å². The molecule has 0 aliphatic heterocycles. The molecule has 0 radical (unpaired) electrons. The van der Waals surface area contributed by atoms with Crippen LogP contribution in [-0.2, 0) is 26.8 Å². The van der Waals surface area contributed by atoms with Gasteiger partial charge in [-0.25, -0.2) is 13.4 Å². The predicted octanol–water partition coefficient (Wildman–Crippen LogP) is 2.88. The van der Waals surface area contributed by atoms with Gasteiger partial charge < -0.3 is 5.32 Å². The van der Waals surface area contributed by atoms with E-state index in [1.54, 1.807) is 12.1 Å². The molecule has 0 saturated heterocycles. The number of hydrogen-bond acceptors (Lipinski definition) is 5. The Bertz CT molecular complexity index is 819. The average molecular weight is 367 g/mol. The normalized spacial score (nSPS) is 12.0. The van der Waals surface area contributed by atoms with E-state index in [0.717, 1.165) is 11.3 Å². The van der Waals surface area contributed by atoms with Crippen LogP contribution in [0, 0.1) is 0 Å². The second kappa shape index (κ2) is 6.90. The van der Waals surface area contributed by atoms with E-state index in [9.17, 15) is 13.2 Å². The van der Waals surface area contributed by atoms with Crippen LogP contribution in [0.2, 0.25) is 0 Å². The van der Waals surface area contributed by atoms with Gasteiger partial charge in [0, 0.05) is 24.3 Å². The zero-order valence-electron chi connectivity index (χ0n) is 14.1. The lowest BCUT2D eigenvalue weighted by atomic mass is 9.93. The van der Waals surface area contributed by atoms with E-state index in [4.69, 9.17) is 0 Å². The van der Waals surface area contributed by atoms with E-state index >= 15 is 0 Å². The van der Waals surface area contributed by atoms with Gasteiger partial charge in [0.15, 0.2) is 5.13 Å². The molecule has 2 aromatic rings. The molecule has 0 spiro atoms. The second-order valence-corrected chi connectivity index (χ2v) is 8.99. The molecule has 2 rings (SSSR count). The maximum absolute atomic E-state index is 12.4. The molecule has 0 atom stereocenters. The summed E-state index contributed by atoms with van der Waals surface area (Å²) in [5.74, 6) is -0.133. The number of hydrogen-bond donors (Lipinski definition) is 2. The molecule has 0 unspecified atom stereocenters. The highest BCUT2D eigenvalue weighted by Crippen LogP contribution is 2.27. The van der Waals surface area contributed by atoms with Gasteiger partial charge in [-0.3, -0.25) is 9.52 Å². The summed E-state index contributed by atoms with van der Waals surface area (Å²) in [5, 5.41) is 4.87. The van der Waals surface area contributed by atoms with Gasteiger partial charge in [-0.15, -0.1) is 11.3 Å². The summed E-state index contributed by atoms with van der Waals surface area (Å²) in [6.45, 7) is 7.86. The van der Waals surface area contributed by atoms with Gasteiger partial charge in [0.25, 0.3) is 10.0 Å². The van der Waals surface area contributed by atoms with Gasteiger partial charge >= 0.3 is 0 Å². The van der Waals surface area contributed by atoms with Crippen molar-refractivity contribution in [2.75, 3.05) is 4.72 Å². The first kappa shape index (κ1) is 18.4. The Balaban J connectivity index is 2.12. The molecule has 1 aromatic heterocycles. The molecule has 0 fully saturated rings. The zero-order valence-corrected chi connectivity index (χ0v) is 15.7. The molecule has 24 heavy (non-hydrogen) atoms. The van der Waals surface area contributed by atoms with Gasteiger partial charge in [-0.05, 0) is 17.7 Å². The van der Waals surface area contributed by atoms with Crippen molar-refractivity contribution in [3.8, 4) is 0 Å². The van der Waals surface area contributed by atoms with Gasteiger partial charge in [0.1, 0.15) is 0 Å². The first-order valence-corrected chi connectivity index (χ1v) is 9.76. The molecule has 0 aliphatic rings. The molecule has 6 nitrogen and oxygen atoms in total. The number of nitrogens with zero attached hydrogens (tertiary/aromatic N) is 1. The van der Waals surface area contributed by atoms with Crippen LogP contribution in [0.15, 0.2) is 34.5 Å². The third-order valence-corrected chi connectivity index (χ3v) is 5.51. The quantitative estimate of drug-likeness (QED) is 0.850. The Hall–Kier alpha value is -1.93. The number of anilines is 1. The van der Waals surface area contributed by atoms with Crippen LogP contribution in [0.25, 0.3) is 0 Å². The summed E-state index contributed by atoms with van der Waals surface area (Å²) < 4.78 is 27.4. The lowest BCUT2D eigenvalue weighted by molar-refractivity contribution is -0.119. The average Bonchev–Trinajstić information content (AvgIpc) is 2.93. The summed E-state index contributed by atoms with van der Waals surface area (Å²) in [4.78, 5) is 15.4. The minimum absolute atomic E-state index is 0.133. The molecular formula is C16H21N3O3S2. The summed E-state index contributed by atoms with van der Waals surface area (Å²) in [5.41, 5.74) is 1.54. The molecule has 0 aliphatic carbocycles. The number of nitrogens with one attached hydrogen (secondary N) is 2. The number of aromatic nitrogens is 1. The number of carbonyl (C=O) groups is 1. The summed E-state index contributed by atoms with van der Waals surface area (Å²) in [6.07, 6.45) is 0. The number of carbonyl (C=O) groups excluding carboxylic acids is 1. The predicted molar refractivity (Wildman–Crippen MR) is 95.6 cm³/mol. The highest BCUT2D eigenvalue weighted by Gasteiger charge is 2.20. The third-order valence-electron chi connectivity index (χ3n) is 3.27. The summed E-state index contributed by atoms with van der Waals surface area (Å²) >= 11 is 1.26. The lowest BCUT2D eigenvalue weighted by Gasteiger charge is -2.14. The molecule has 1 aromatic carbocycles. The molecule has 1 heterocycles. The smallest absolute Gasteiger partial charge is 0.263 e. The largest absolute Gasteiger partial charge is 0.352 e. The minimum Gasteiger partial charge on any atom is -0.352 e. The van der Waals surface area contributed by atoms with Gasteiger partial charge in [-0.2, -0.15) is 0 Å². The van der Waals surface area contributed by atoms with E-state index in [1.165, 1.54) is 30.4 Å². The maximum Gasteiger partial charge on any atom is 0.263 e. The van der Waals surface area contributed by atoms with Crippen molar-refractivity contribution in [3.63, 3.8) is 0 Å². The molecule has 8 heteroatoms. The monoisotopic (exact) mass is 367 g/mol. The van der Waals surface area contributed by atoms with Gasteiger partial charge in [-0.1, -0.05) is 32.9 Å². The van der Waals surface area contributed by atoms with Gasteiger partial charge in [0.2, 0.25) is 5.91 Å². The van der Waals surface area contributed by atoms with E-state index in [0.29, 0.717) is 11.7 Å². The molecule has 0 bridgehead atoms.